The second kappa shape index (κ2) is 25.7. The molecule has 0 N–H and O–H groups in total. The summed E-state index contributed by atoms with van der Waals surface area (Å²) in [7, 11) is 0. The molecule has 598 valence electrons. The van der Waals surface area contributed by atoms with E-state index in [-0.39, 0.29) is 35.1 Å². The van der Waals surface area contributed by atoms with Gasteiger partial charge in [0.1, 0.15) is 0 Å². The van der Waals surface area contributed by atoms with Crippen LogP contribution >= 0.6 is 0 Å². The maximum Gasteiger partial charge on any atom is 0.253 e. The Morgan fingerprint density at radius 1 is 0.198 bits per heavy atom. The van der Waals surface area contributed by atoms with Crippen molar-refractivity contribution in [1.82, 2.24) is 18.3 Å². The van der Waals surface area contributed by atoms with Crippen molar-refractivity contribution in [1.29, 1.82) is 0 Å². The molecule has 6 heteroatoms. The van der Waals surface area contributed by atoms with E-state index in [2.05, 4.69) is 441 Å². The first-order valence-electron chi connectivity index (χ1n) is 45.2. The van der Waals surface area contributed by atoms with Crippen molar-refractivity contribution >= 4 is 155 Å². The standard InChI is InChI=1S/C120H92B2N4/c1-117(2,3)83-48-52-99-91(63-83)93-65-86(120(10,11)12)68-98-113(93)123(99)101-59-80(77-45-44-69-30-25-26-39-74(69)54-77)60-103-109(101)122(98)108-90-51-47-76(56-81(90)58-96-106(71-33-19-14-20-34-71)112(125(103)116(96)108)73-37-23-16-24-38-73)75-46-50-88-78(55-75)41-29-43-87(88)82-61-102-110-104(62-82)126-111(72-35-21-15-22-36-72)105(70-31-17-13-18-32-70)95-57-79-40-27-28-42-89(79)107(115(95)126)121(110)97-67-85(119(7,8)9)66-94-92-64-84(118(4,5)6)49-53-100(92)124(102)114(94)97/h13-68H,1-12H3. The Balaban J connectivity index is 0.729. The molecule has 8 heterocycles. The van der Waals surface area contributed by atoms with Crippen LogP contribution < -0.4 is 32.8 Å². The average Bonchev–Trinajstić information content (AvgIpc) is 1.48. The molecule has 26 rings (SSSR count). The summed E-state index contributed by atoms with van der Waals surface area (Å²) < 4.78 is 10.8. The molecular formula is C120H92B2N4. The summed E-state index contributed by atoms with van der Waals surface area (Å²) in [6, 6.07) is 133. The summed E-state index contributed by atoms with van der Waals surface area (Å²) in [5.74, 6) is 0. The largest absolute Gasteiger partial charge is 0.310 e. The van der Waals surface area contributed by atoms with Gasteiger partial charge in [-0.3, -0.25) is 0 Å². The second-order valence-electron chi connectivity index (χ2n) is 40.7. The van der Waals surface area contributed by atoms with E-state index in [1.807, 2.05) is 0 Å². The van der Waals surface area contributed by atoms with Crippen molar-refractivity contribution in [2.45, 2.75) is 105 Å². The monoisotopic (exact) mass is 1610 g/mol. The van der Waals surface area contributed by atoms with Gasteiger partial charge in [0.05, 0.1) is 33.5 Å². The number of hydrogen-bond acceptors (Lipinski definition) is 0. The van der Waals surface area contributed by atoms with Gasteiger partial charge in [-0.1, -0.05) is 332 Å². The van der Waals surface area contributed by atoms with Crippen LogP contribution in [-0.4, -0.2) is 31.7 Å². The van der Waals surface area contributed by atoms with Crippen molar-refractivity contribution in [3.8, 4) is 101 Å². The Kier molecular flexibility index (Phi) is 15.0. The number of nitrogens with zero attached hydrogens (tertiary/aromatic N) is 4. The van der Waals surface area contributed by atoms with E-state index in [9.17, 15) is 0 Å². The molecule has 4 aliphatic heterocycles. The number of hydrogen-bond donors (Lipinski definition) is 0. The van der Waals surface area contributed by atoms with Crippen molar-refractivity contribution in [3.05, 3.63) is 362 Å². The number of fused-ring (bicyclic) bond motifs is 20. The van der Waals surface area contributed by atoms with Crippen molar-refractivity contribution < 1.29 is 0 Å². The molecule has 0 amide bonds. The molecule has 126 heavy (non-hydrogen) atoms. The van der Waals surface area contributed by atoms with Gasteiger partial charge in [-0.15, -0.1) is 0 Å². The van der Waals surface area contributed by atoms with Crippen LogP contribution in [0.2, 0.25) is 0 Å². The van der Waals surface area contributed by atoms with Crippen LogP contribution in [0.5, 0.6) is 0 Å². The van der Waals surface area contributed by atoms with Gasteiger partial charge in [-0.25, -0.2) is 0 Å². The zero-order valence-corrected chi connectivity index (χ0v) is 73.3. The van der Waals surface area contributed by atoms with Crippen LogP contribution in [0, 0.1) is 0 Å². The predicted octanol–water partition coefficient (Wildman–Crippen LogP) is 27.5. The van der Waals surface area contributed by atoms with E-state index in [0.29, 0.717) is 0 Å². The Bertz CT molecular complexity index is 8600. The third kappa shape index (κ3) is 10.3. The van der Waals surface area contributed by atoms with Crippen molar-refractivity contribution in [2.75, 3.05) is 0 Å². The molecule has 0 unspecified atom stereocenters. The summed E-state index contributed by atoms with van der Waals surface area (Å²) in [4.78, 5) is 0. The van der Waals surface area contributed by atoms with Gasteiger partial charge >= 0.3 is 0 Å². The minimum atomic E-state index is -0.159. The molecule has 18 aromatic carbocycles. The van der Waals surface area contributed by atoms with E-state index in [4.69, 9.17) is 0 Å². The Hall–Kier alpha value is -14.2. The van der Waals surface area contributed by atoms with Crippen LogP contribution in [0.25, 0.3) is 209 Å². The van der Waals surface area contributed by atoms with Crippen LogP contribution in [0.15, 0.2) is 340 Å². The van der Waals surface area contributed by atoms with Gasteiger partial charge < -0.3 is 18.3 Å². The topological polar surface area (TPSA) is 19.7 Å². The first-order chi connectivity index (χ1) is 61.0. The molecule has 4 nitrogen and oxygen atoms in total. The first-order valence-corrected chi connectivity index (χ1v) is 45.2. The molecule has 0 spiro atoms. The summed E-state index contributed by atoms with van der Waals surface area (Å²) in [6.07, 6.45) is 0. The van der Waals surface area contributed by atoms with Gasteiger partial charge in [-0.05, 0) is 266 Å². The number of benzene rings is 18. The van der Waals surface area contributed by atoms with Crippen LogP contribution in [0.4, 0.5) is 0 Å². The van der Waals surface area contributed by atoms with Gasteiger partial charge in [0.2, 0.25) is 0 Å². The van der Waals surface area contributed by atoms with Crippen LogP contribution in [0.3, 0.4) is 0 Å². The lowest BCUT2D eigenvalue weighted by Gasteiger charge is -2.36. The van der Waals surface area contributed by atoms with E-state index in [0.717, 1.165) is 0 Å². The van der Waals surface area contributed by atoms with Gasteiger partial charge in [-0.2, -0.15) is 0 Å². The highest BCUT2D eigenvalue weighted by atomic mass is 15.1. The molecule has 4 aliphatic rings. The second-order valence-corrected chi connectivity index (χ2v) is 40.7. The summed E-state index contributed by atoms with van der Waals surface area (Å²) in [5, 5.41) is 17.6. The normalized spacial score (nSPS) is 13.4. The van der Waals surface area contributed by atoms with Crippen molar-refractivity contribution in [2.24, 2.45) is 0 Å². The molecule has 0 saturated heterocycles. The fourth-order valence-electron chi connectivity index (χ4n) is 23.1. The zero-order chi connectivity index (χ0) is 84.8. The van der Waals surface area contributed by atoms with Gasteiger partial charge in [0.25, 0.3) is 13.4 Å². The average molecular weight is 1610 g/mol. The van der Waals surface area contributed by atoms with E-state index < -0.39 is 0 Å². The fraction of sp³-hybridized carbons (Fsp3) is 0.133. The third-order valence-corrected chi connectivity index (χ3v) is 29.2. The van der Waals surface area contributed by atoms with Gasteiger partial charge in [0.15, 0.2) is 0 Å². The van der Waals surface area contributed by atoms with E-state index in [1.165, 1.54) is 264 Å². The number of rotatable bonds is 7. The molecule has 0 saturated carbocycles. The maximum atomic E-state index is 2.72. The molecule has 0 atom stereocenters. The van der Waals surface area contributed by atoms with E-state index >= 15 is 0 Å². The molecule has 0 bridgehead atoms. The quantitative estimate of drug-likeness (QED) is 0.142. The summed E-state index contributed by atoms with van der Waals surface area (Å²) >= 11 is 0. The fourth-order valence-corrected chi connectivity index (χ4v) is 23.1. The highest BCUT2D eigenvalue weighted by molar-refractivity contribution is 7.02. The SMILES string of the molecule is CC(C)(C)c1ccc2c(c1)c1cc(C(C)(C)C)cc3c1n2-c1cc(-c2cccc4cc(-c5ccc6c7c8c(cc6c5)c(-c5ccccc5)c(-c5ccccc5)n8-c5cc(-c6ccc8ccccc8c6)cc6c5B7c5cc(C(C)(C)C)cc7c8cc(C(C)(C)C)ccc8n-6c57)ccc24)cc2c1B3c1c3ccccc3cc3c(-c4ccccc4)c(-c4ccccc4)n-2c13. The molecule has 0 fully saturated rings. The van der Waals surface area contributed by atoms with Crippen molar-refractivity contribution in [3.63, 3.8) is 0 Å². The van der Waals surface area contributed by atoms with E-state index in [1.54, 1.807) is 0 Å². The maximum absolute atomic E-state index is 2.72. The number of aromatic nitrogens is 4. The highest BCUT2D eigenvalue weighted by Gasteiger charge is 2.47. The third-order valence-electron chi connectivity index (χ3n) is 29.2. The Morgan fingerprint density at radius 2 is 0.571 bits per heavy atom. The lowest BCUT2D eigenvalue weighted by molar-refractivity contribution is 0.590. The Labute approximate surface area is 735 Å². The molecule has 0 aliphatic carbocycles. The molecule has 22 aromatic rings. The molecular weight excluding hydrogens is 1520 g/mol. The van der Waals surface area contributed by atoms with Crippen LogP contribution in [0.1, 0.15) is 105 Å². The molecule has 0 radical (unpaired) electrons. The Morgan fingerprint density at radius 3 is 1.07 bits per heavy atom. The van der Waals surface area contributed by atoms with Crippen LogP contribution in [-0.2, 0) is 21.7 Å². The zero-order valence-electron chi connectivity index (χ0n) is 73.3. The smallest absolute Gasteiger partial charge is 0.253 e. The minimum absolute atomic E-state index is 0.0621. The lowest BCUT2D eigenvalue weighted by Crippen LogP contribution is -2.60. The molecule has 4 aromatic heterocycles. The summed E-state index contributed by atoms with van der Waals surface area (Å²) in [5.41, 5.74) is 42.4. The van der Waals surface area contributed by atoms with Gasteiger partial charge in [0, 0.05) is 77.2 Å². The highest BCUT2D eigenvalue weighted by Crippen LogP contribution is 2.53. The first kappa shape index (κ1) is 73.4. The predicted molar refractivity (Wildman–Crippen MR) is 541 cm³/mol. The lowest BCUT2D eigenvalue weighted by atomic mass is 9.33. The minimum Gasteiger partial charge on any atom is -0.310 e. The summed E-state index contributed by atoms with van der Waals surface area (Å²) in [6.45, 7) is 28.3.